The van der Waals surface area contributed by atoms with Gasteiger partial charge >= 0.3 is 0 Å². The molecule has 2 aliphatic rings. The number of ether oxygens (including phenoxy) is 1. The van der Waals surface area contributed by atoms with Crippen molar-refractivity contribution < 1.29 is 18.5 Å². The van der Waals surface area contributed by atoms with Crippen LogP contribution >= 0.6 is 0 Å². The summed E-state index contributed by atoms with van der Waals surface area (Å²) in [4.78, 5) is 32.6. The van der Waals surface area contributed by atoms with Crippen LogP contribution in [0.1, 0.15) is 36.8 Å². The average Bonchev–Trinajstić information content (AvgIpc) is 2.87. The van der Waals surface area contributed by atoms with E-state index in [0.717, 1.165) is 43.6 Å². The predicted molar refractivity (Wildman–Crippen MR) is 147 cm³/mol. The fraction of sp³-hybridized carbons (Fsp3) is 0.704. The van der Waals surface area contributed by atoms with Crippen molar-refractivity contribution in [1.82, 2.24) is 24.3 Å². The van der Waals surface area contributed by atoms with Gasteiger partial charge in [-0.3, -0.25) is 9.59 Å². The molecule has 0 saturated carbocycles. The molecule has 10 heteroatoms. The summed E-state index contributed by atoms with van der Waals surface area (Å²) in [5.74, 6) is 0.780. The van der Waals surface area contributed by atoms with E-state index in [0.29, 0.717) is 22.6 Å². The van der Waals surface area contributed by atoms with Crippen LogP contribution in [0.2, 0.25) is 0 Å². The number of benzene rings is 1. The Labute approximate surface area is 225 Å². The van der Waals surface area contributed by atoms with E-state index in [-0.39, 0.29) is 24.9 Å². The standard InChI is InChI=1S/C27H45N5O4S/c1-20-15-24(36-6)16-21(2)27(20)37(35)31(5)19-25(33)28-17-26(34)30(4)18-22-7-13-32(14-8-22)23-9-11-29(3)12-10-23/h15-16,22-23H,7-14,17-19H2,1-6H3,(H,28,33). The third-order valence-electron chi connectivity index (χ3n) is 7.74. The first-order valence-electron chi connectivity index (χ1n) is 13.3. The molecule has 0 bridgehead atoms. The fourth-order valence-electron chi connectivity index (χ4n) is 5.44. The van der Waals surface area contributed by atoms with Crippen LogP contribution in [-0.4, -0.2) is 115 Å². The summed E-state index contributed by atoms with van der Waals surface area (Å²) >= 11 is 0. The molecular weight excluding hydrogens is 490 g/mol. The van der Waals surface area contributed by atoms with Gasteiger partial charge in [0, 0.05) is 26.7 Å². The first kappa shape index (κ1) is 29.5. The van der Waals surface area contributed by atoms with Gasteiger partial charge in [-0.15, -0.1) is 0 Å². The Bertz CT molecular complexity index is 935. The first-order valence-corrected chi connectivity index (χ1v) is 14.4. The fourth-order valence-corrected chi connectivity index (χ4v) is 6.65. The number of nitrogens with one attached hydrogen (secondary N) is 1. The van der Waals surface area contributed by atoms with E-state index in [9.17, 15) is 13.8 Å². The number of amides is 2. The number of rotatable bonds is 10. The molecule has 0 aromatic heterocycles. The Morgan fingerprint density at radius 3 is 2.22 bits per heavy atom. The number of aryl methyl sites for hydroxylation is 2. The van der Waals surface area contributed by atoms with E-state index in [1.165, 1.54) is 30.2 Å². The maximum absolute atomic E-state index is 13.1. The van der Waals surface area contributed by atoms with Crippen LogP contribution in [0.15, 0.2) is 17.0 Å². The van der Waals surface area contributed by atoms with E-state index in [1.54, 1.807) is 19.1 Å². The van der Waals surface area contributed by atoms with Crippen LogP contribution in [0.5, 0.6) is 5.75 Å². The quantitative estimate of drug-likeness (QED) is 0.491. The third kappa shape index (κ3) is 8.24. The number of methoxy groups -OCH3 is 1. The average molecular weight is 536 g/mol. The molecule has 2 saturated heterocycles. The van der Waals surface area contributed by atoms with Gasteiger partial charge in [0.05, 0.1) is 25.1 Å². The molecule has 2 amide bonds. The Hall–Kier alpha value is -2.01. The number of piperidine rings is 2. The molecule has 1 aromatic carbocycles. The van der Waals surface area contributed by atoms with Gasteiger partial charge in [0.25, 0.3) is 0 Å². The zero-order valence-electron chi connectivity index (χ0n) is 23.4. The zero-order valence-corrected chi connectivity index (χ0v) is 24.2. The second kappa shape index (κ2) is 13.7. The molecule has 1 aromatic rings. The van der Waals surface area contributed by atoms with Crippen molar-refractivity contribution >= 4 is 22.8 Å². The number of likely N-dealkylation sites (N-methyl/N-ethyl adjacent to an activating group) is 2. The summed E-state index contributed by atoms with van der Waals surface area (Å²) in [5, 5.41) is 2.70. The minimum absolute atomic E-state index is 0.0508. The number of carbonyl (C=O) groups excluding carboxylic acids is 2. The maximum Gasteiger partial charge on any atom is 0.241 e. The van der Waals surface area contributed by atoms with Gasteiger partial charge in [0.1, 0.15) is 16.7 Å². The van der Waals surface area contributed by atoms with Gasteiger partial charge in [0.2, 0.25) is 11.8 Å². The van der Waals surface area contributed by atoms with Gasteiger partial charge in [0.15, 0.2) is 0 Å². The lowest BCUT2D eigenvalue weighted by atomic mass is 9.93. The highest BCUT2D eigenvalue weighted by molar-refractivity contribution is 7.82. The van der Waals surface area contributed by atoms with Gasteiger partial charge < -0.3 is 24.8 Å². The van der Waals surface area contributed by atoms with E-state index in [2.05, 4.69) is 22.2 Å². The minimum atomic E-state index is -1.50. The van der Waals surface area contributed by atoms with Crippen LogP contribution < -0.4 is 10.1 Å². The summed E-state index contributed by atoms with van der Waals surface area (Å²) in [6.45, 7) is 8.93. The lowest BCUT2D eigenvalue weighted by Gasteiger charge is -2.41. The zero-order chi connectivity index (χ0) is 27.1. The lowest BCUT2D eigenvalue weighted by Crippen LogP contribution is -2.48. The van der Waals surface area contributed by atoms with Crippen LogP contribution in [0.3, 0.4) is 0 Å². The van der Waals surface area contributed by atoms with Gasteiger partial charge in [-0.1, -0.05) is 0 Å². The topological polar surface area (TPSA) is 85.4 Å². The Balaban J connectivity index is 1.39. The molecule has 208 valence electrons. The summed E-state index contributed by atoms with van der Waals surface area (Å²) in [6.07, 6.45) is 4.72. The van der Waals surface area contributed by atoms with Crippen LogP contribution in [-0.2, 0) is 20.6 Å². The molecule has 9 nitrogen and oxygen atoms in total. The van der Waals surface area contributed by atoms with Crippen molar-refractivity contribution in [2.45, 2.75) is 50.5 Å². The van der Waals surface area contributed by atoms with E-state index in [4.69, 9.17) is 4.74 Å². The molecule has 37 heavy (non-hydrogen) atoms. The Morgan fingerprint density at radius 2 is 1.65 bits per heavy atom. The summed E-state index contributed by atoms with van der Waals surface area (Å²) in [5.41, 5.74) is 1.69. The van der Waals surface area contributed by atoms with E-state index < -0.39 is 11.0 Å². The first-order chi connectivity index (χ1) is 17.6. The van der Waals surface area contributed by atoms with E-state index in [1.807, 2.05) is 33.0 Å². The van der Waals surface area contributed by atoms with Crippen LogP contribution in [0, 0.1) is 19.8 Å². The molecular formula is C27H45N5O4S. The van der Waals surface area contributed by atoms with Gasteiger partial charge in [-0.2, -0.15) is 0 Å². The highest BCUT2D eigenvalue weighted by Gasteiger charge is 2.28. The number of hydrogen-bond donors (Lipinski definition) is 1. The second-order valence-corrected chi connectivity index (χ2v) is 12.2. The summed E-state index contributed by atoms with van der Waals surface area (Å²) < 4.78 is 19.8. The number of hydrogen-bond acceptors (Lipinski definition) is 6. The van der Waals surface area contributed by atoms with Crippen molar-refractivity contribution in [2.75, 3.05) is 74.1 Å². The minimum Gasteiger partial charge on any atom is -0.497 e. The largest absolute Gasteiger partial charge is 0.497 e. The highest BCUT2D eigenvalue weighted by Crippen LogP contribution is 2.26. The lowest BCUT2D eigenvalue weighted by molar-refractivity contribution is -0.132. The molecule has 1 atom stereocenters. The van der Waals surface area contributed by atoms with Crippen molar-refractivity contribution in [3.8, 4) is 5.75 Å². The molecule has 3 rings (SSSR count). The third-order valence-corrected chi connectivity index (χ3v) is 9.43. The van der Waals surface area contributed by atoms with Gasteiger partial charge in [-0.25, -0.2) is 8.51 Å². The second-order valence-electron chi connectivity index (χ2n) is 10.7. The van der Waals surface area contributed by atoms with Crippen molar-refractivity contribution in [3.63, 3.8) is 0 Å². The monoisotopic (exact) mass is 535 g/mol. The molecule has 0 spiro atoms. The molecule has 2 heterocycles. The normalized spacial score (nSPS) is 19.1. The highest BCUT2D eigenvalue weighted by atomic mass is 32.2. The maximum atomic E-state index is 13.1. The molecule has 2 fully saturated rings. The number of likely N-dealkylation sites (tertiary alicyclic amines) is 2. The Morgan fingerprint density at radius 1 is 1.05 bits per heavy atom. The molecule has 2 aliphatic heterocycles. The van der Waals surface area contributed by atoms with Gasteiger partial charge in [-0.05, 0) is 102 Å². The number of carbonyl (C=O) groups is 2. The molecule has 0 aliphatic carbocycles. The summed E-state index contributed by atoms with van der Waals surface area (Å²) in [6, 6.07) is 4.37. The van der Waals surface area contributed by atoms with Crippen molar-refractivity contribution in [1.29, 1.82) is 0 Å². The van der Waals surface area contributed by atoms with Crippen LogP contribution in [0.4, 0.5) is 0 Å². The van der Waals surface area contributed by atoms with Crippen molar-refractivity contribution in [2.24, 2.45) is 5.92 Å². The molecule has 0 radical (unpaired) electrons. The number of nitrogens with zero attached hydrogens (tertiary/aromatic N) is 4. The predicted octanol–water partition coefficient (Wildman–Crippen LogP) is 1.65. The molecule has 1 N–H and O–H groups in total. The van der Waals surface area contributed by atoms with Crippen LogP contribution in [0.25, 0.3) is 0 Å². The Kier molecular flexibility index (Phi) is 10.9. The van der Waals surface area contributed by atoms with E-state index >= 15 is 0 Å². The SMILES string of the molecule is COc1cc(C)c(S(=O)N(C)CC(=O)NCC(=O)N(C)CC2CCN(C3CCN(C)CC3)CC2)c(C)c1. The smallest absolute Gasteiger partial charge is 0.241 e. The summed E-state index contributed by atoms with van der Waals surface area (Å²) in [7, 11) is 5.75. The van der Waals surface area contributed by atoms with Crippen molar-refractivity contribution in [3.05, 3.63) is 23.3 Å². The molecule has 1 unspecified atom stereocenters.